The average molecular weight is 820 g/mol. The van der Waals surface area contributed by atoms with Gasteiger partial charge in [-0.05, 0) is 26.0 Å². The van der Waals surface area contributed by atoms with Crippen molar-refractivity contribution in [3.05, 3.63) is 29.6 Å². The Bertz CT molecular complexity index is 1880. The van der Waals surface area contributed by atoms with E-state index in [0.717, 1.165) is 48.5 Å². The van der Waals surface area contributed by atoms with Crippen molar-refractivity contribution in [2.24, 2.45) is 17.3 Å². The molecular weight excluding hydrogens is 770 g/mol. The van der Waals surface area contributed by atoms with Crippen molar-refractivity contribution in [2.45, 2.75) is 135 Å². The molecule has 13 atom stereocenters. The molecule has 4 aliphatic rings. The molecule has 1 aromatic rings. The summed E-state index contributed by atoms with van der Waals surface area (Å²) < 4.78 is 54.4. The van der Waals surface area contributed by atoms with Crippen LogP contribution in [0.25, 0.3) is 0 Å². The third kappa shape index (κ3) is 7.15. The fourth-order valence-electron chi connectivity index (χ4n) is 9.48. The highest BCUT2D eigenvalue weighted by Gasteiger charge is 2.91. The maximum atomic E-state index is 14.4. The van der Waals surface area contributed by atoms with Crippen molar-refractivity contribution < 1.29 is 86.1 Å². The zero-order chi connectivity index (χ0) is 43.3. The van der Waals surface area contributed by atoms with Crippen LogP contribution in [0.2, 0.25) is 0 Å². The lowest BCUT2D eigenvalue weighted by atomic mass is 9.45. The molecule has 1 N–H and O–H groups in total. The number of pyridine rings is 1. The summed E-state index contributed by atoms with van der Waals surface area (Å²) in [7, 11) is 0. The smallest absolute Gasteiger partial charge is 0.340 e. The second-order valence-corrected chi connectivity index (χ2v) is 15.6. The van der Waals surface area contributed by atoms with Gasteiger partial charge >= 0.3 is 47.8 Å². The van der Waals surface area contributed by atoms with Crippen molar-refractivity contribution in [3.8, 4) is 0 Å². The first kappa shape index (κ1) is 43.9. The first-order valence-corrected chi connectivity index (χ1v) is 18.7. The molecule has 0 aromatic carbocycles. The van der Waals surface area contributed by atoms with E-state index in [4.69, 9.17) is 42.6 Å². The van der Waals surface area contributed by atoms with Gasteiger partial charge in [-0.1, -0.05) is 13.8 Å². The number of carbonyl (C=O) groups excluding carboxylic acids is 8. The molecule has 1 aromatic heterocycles. The Hall–Kier alpha value is -5.17. The number of ether oxygens (including phenoxy) is 9. The van der Waals surface area contributed by atoms with E-state index in [-0.39, 0.29) is 17.7 Å². The summed E-state index contributed by atoms with van der Waals surface area (Å²) in [4.78, 5) is 111. The number of carbonyl (C=O) groups is 8. The molecule has 19 nitrogen and oxygen atoms in total. The van der Waals surface area contributed by atoms with Gasteiger partial charge in [-0.25, -0.2) is 4.79 Å². The van der Waals surface area contributed by atoms with Gasteiger partial charge in [0, 0.05) is 60.1 Å². The molecule has 2 aliphatic heterocycles. The maximum Gasteiger partial charge on any atom is 0.340 e. The number of fused-ring (bicyclic) bond motifs is 5. The summed E-state index contributed by atoms with van der Waals surface area (Å²) in [5.41, 5.74) is -9.69. The van der Waals surface area contributed by atoms with Crippen LogP contribution in [0.1, 0.15) is 97.6 Å². The van der Waals surface area contributed by atoms with E-state index in [0.29, 0.717) is 0 Å². The number of hydrogen-bond donors (Lipinski definition) is 1. The summed E-state index contributed by atoms with van der Waals surface area (Å²) >= 11 is 0. The average Bonchev–Trinajstić information content (AvgIpc) is 3.33. The highest BCUT2D eigenvalue weighted by Crippen LogP contribution is 2.70. The van der Waals surface area contributed by atoms with E-state index in [2.05, 4.69) is 4.98 Å². The van der Waals surface area contributed by atoms with Crippen LogP contribution in [0.15, 0.2) is 18.3 Å². The van der Waals surface area contributed by atoms with Crippen LogP contribution < -0.4 is 0 Å². The Kier molecular flexibility index (Phi) is 12.0. The fourth-order valence-corrected chi connectivity index (χ4v) is 9.48. The van der Waals surface area contributed by atoms with Gasteiger partial charge in [-0.3, -0.25) is 38.5 Å². The van der Waals surface area contributed by atoms with Crippen LogP contribution in [-0.2, 0) is 76.2 Å². The van der Waals surface area contributed by atoms with Gasteiger partial charge in [-0.2, -0.15) is 0 Å². The quantitative estimate of drug-likeness (QED) is 0.302. The molecule has 1 saturated heterocycles. The van der Waals surface area contributed by atoms with E-state index in [1.54, 1.807) is 6.92 Å². The van der Waals surface area contributed by atoms with Gasteiger partial charge in [0.05, 0.1) is 35.3 Å². The molecule has 0 amide bonds. The lowest BCUT2D eigenvalue weighted by Crippen LogP contribution is -2.89. The van der Waals surface area contributed by atoms with E-state index < -0.39 is 138 Å². The Morgan fingerprint density at radius 2 is 1.31 bits per heavy atom. The first-order chi connectivity index (χ1) is 27.0. The molecule has 13 unspecified atom stereocenters. The molecule has 1 spiro atoms. The summed E-state index contributed by atoms with van der Waals surface area (Å²) in [5.74, 6) is -11.3. The highest BCUT2D eigenvalue weighted by molar-refractivity contribution is 5.91. The van der Waals surface area contributed by atoms with Gasteiger partial charge in [0.25, 0.3) is 0 Å². The molecule has 5 rings (SSSR count). The molecule has 19 heteroatoms. The molecule has 4 bridgehead atoms. The zero-order valence-corrected chi connectivity index (χ0v) is 33.9. The van der Waals surface area contributed by atoms with Crippen LogP contribution in [0.4, 0.5) is 0 Å². The monoisotopic (exact) mass is 819 g/mol. The maximum absolute atomic E-state index is 14.4. The number of cyclic esters (lactones) is 1. The predicted molar refractivity (Wildman–Crippen MR) is 190 cm³/mol. The molecule has 318 valence electrons. The summed E-state index contributed by atoms with van der Waals surface area (Å²) in [6, 6.07) is 2.95. The van der Waals surface area contributed by atoms with Crippen molar-refractivity contribution in [3.63, 3.8) is 0 Å². The summed E-state index contributed by atoms with van der Waals surface area (Å²) in [5, 5.41) is 13.5. The van der Waals surface area contributed by atoms with Crippen molar-refractivity contribution in [1.82, 2.24) is 4.98 Å². The van der Waals surface area contributed by atoms with Crippen LogP contribution in [0.3, 0.4) is 0 Å². The Labute approximate surface area is 333 Å². The third-order valence-corrected chi connectivity index (χ3v) is 11.8. The Balaban J connectivity index is 1.99. The summed E-state index contributed by atoms with van der Waals surface area (Å²) in [6.45, 7) is 10.2. The third-order valence-electron chi connectivity index (χ3n) is 11.8. The van der Waals surface area contributed by atoms with E-state index in [1.165, 1.54) is 32.2 Å². The van der Waals surface area contributed by atoms with Gasteiger partial charge in [0.15, 0.2) is 30.0 Å². The second-order valence-electron chi connectivity index (χ2n) is 15.6. The number of aliphatic hydroxyl groups is 1. The minimum absolute atomic E-state index is 0.0173. The van der Waals surface area contributed by atoms with Crippen LogP contribution in [-0.4, -0.2) is 124 Å². The van der Waals surface area contributed by atoms with Crippen molar-refractivity contribution in [2.75, 3.05) is 13.2 Å². The minimum Gasteiger partial charge on any atom is -0.465 e. The fraction of sp³-hybridized carbons (Fsp3) is 0.667. The van der Waals surface area contributed by atoms with Gasteiger partial charge in [-0.15, -0.1) is 0 Å². The van der Waals surface area contributed by atoms with Crippen molar-refractivity contribution in [1.29, 1.82) is 0 Å². The van der Waals surface area contributed by atoms with Gasteiger partial charge in [0.2, 0.25) is 0 Å². The number of hydrogen-bond acceptors (Lipinski definition) is 19. The van der Waals surface area contributed by atoms with Crippen LogP contribution in [0.5, 0.6) is 0 Å². The molecule has 3 heterocycles. The molecule has 3 fully saturated rings. The van der Waals surface area contributed by atoms with E-state index in [9.17, 15) is 43.5 Å². The Morgan fingerprint density at radius 1 is 0.776 bits per heavy atom. The summed E-state index contributed by atoms with van der Waals surface area (Å²) in [6.07, 6.45) is -10.6. The SMILES string of the molecule is CC(=O)OCC12C(OC(C)=O)C(OC(C)=O)C3C(OC(C)=O)C14OC3(C)CCOC(=O)c1cccnc1C(C)C(C)C(=O)OC(C(OC(C)=O)C2OC(C)=O)C4(C)O. The molecule has 0 radical (unpaired) electrons. The van der Waals surface area contributed by atoms with Crippen LogP contribution in [0, 0.1) is 17.3 Å². The second kappa shape index (κ2) is 15.9. The number of nitrogens with zero attached hydrogens (tertiary/aromatic N) is 1. The number of rotatable bonds is 7. The van der Waals surface area contributed by atoms with Gasteiger partial charge in [0.1, 0.15) is 29.8 Å². The van der Waals surface area contributed by atoms with E-state index in [1.807, 2.05) is 0 Å². The topological polar surface area (TPSA) is 253 Å². The number of aromatic nitrogens is 1. The van der Waals surface area contributed by atoms with E-state index >= 15 is 0 Å². The molecular formula is C39H49NO18. The zero-order valence-electron chi connectivity index (χ0n) is 33.9. The largest absolute Gasteiger partial charge is 0.465 e. The molecule has 2 saturated carbocycles. The lowest BCUT2D eigenvalue weighted by molar-refractivity contribution is -0.386. The van der Waals surface area contributed by atoms with Crippen LogP contribution >= 0.6 is 0 Å². The Morgan fingerprint density at radius 3 is 1.86 bits per heavy atom. The molecule has 58 heavy (non-hydrogen) atoms. The lowest BCUT2D eigenvalue weighted by Gasteiger charge is -2.67. The normalized spacial score (nSPS) is 37.9. The van der Waals surface area contributed by atoms with Crippen molar-refractivity contribution >= 4 is 47.8 Å². The number of esters is 8. The van der Waals surface area contributed by atoms with Gasteiger partial charge < -0.3 is 47.7 Å². The standard InChI is InChI=1S/C39H49NO18/c1-17-18(2)34(47)57-31-29(53-21(5)43)33(56-24(8)46)38(16-51-19(3)41)32(55-23(7)45)28(52-20(4)42)26-30(54-22(6)44)39(38,37(31,10)49)58-36(26,9)13-15-50-35(48)25-12-11-14-40-27(17)25/h11-12,14,17-18,26,28-33,49H,13,15-16H2,1-10H3. The first-order valence-electron chi connectivity index (χ1n) is 18.7. The molecule has 2 aliphatic carbocycles. The predicted octanol–water partition coefficient (Wildman–Crippen LogP) is 1.42. The minimum atomic E-state index is -2.79. The highest BCUT2D eigenvalue weighted by atomic mass is 16.7.